The number of carbonyl (C=O) groups excluding carboxylic acids is 2. The summed E-state index contributed by atoms with van der Waals surface area (Å²) in [6.45, 7) is 6.09. The molecule has 0 saturated carbocycles. The van der Waals surface area contributed by atoms with Gasteiger partial charge in [-0.3, -0.25) is 9.59 Å². The highest BCUT2D eigenvalue weighted by Gasteiger charge is 2.28. The monoisotopic (exact) mass is 498 g/mol. The van der Waals surface area contributed by atoms with Gasteiger partial charge in [0.05, 0.1) is 15.6 Å². The lowest BCUT2D eigenvalue weighted by molar-refractivity contribution is -0.121. The molecule has 2 saturated heterocycles. The number of likely N-dealkylation sites (tertiary alicyclic amines) is 1. The van der Waals surface area contributed by atoms with Crippen LogP contribution in [0, 0.1) is 5.92 Å². The number of amides is 2. The molecule has 2 fully saturated rings. The second-order valence-corrected chi connectivity index (χ2v) is 11.3. The SMILES string of the molecule is CCCC(=O)NCC1CCCN(CCC(=O)Nc2cc(S(=O)(=O)N3CCCC3)ccc2Cl)C1. The van der Waals surface area contributed by atoms with Crippen molar-refractivity contribution in [3.63, 3.8) is 0 Å². The molecule has 8 nitrogen and oxygen atoms in total. The molecule has 2 aliphatic heterocycles. The Bertz CT molecular complexity index is 934. The van der Waals surface area contributed by atoms with Crippen LogP contribution in [0.1, 0.15) is 51.9 Å². The number of anilines is 1. The normalized spacial score (nSPS) is 20.0. The van der Waals surface area contributed by atoms with Gasteiger partial charge < -0.3 is 15.5 Å². The van der Waals surface area contributed by atoms with Crippen molar-refractivity contribution >= 4 is 39.1 Å². The van der Waals surface area contributed by atoms with Crippen LogP contribution in [-0.2, 0) is 19.6 Å². The van der Waals surface area contributed by atoms with Crippen molar-refractivity contribution in [3.05, 3.63) is 23.2 Å². The number of hydrogen-bond donors (Lipinski definition) is 2. The molecule has 0 spiro atoms. The fraction of sp³-hybridized carbons (Fsp3) is 0.652. The summed E-state index contributed by atoms with van der Waals surface area (Å²) in [6.07, 6.45) is 5.52. The first kappa shape index (κ1) is 25.9. The summed E-state index contributed by atoms with van der Waals surface area (Å²) in [6, 6.07) is 4.45. The molecule has 2 heterocycles. The topological polar surface area (TPSA) is 98.8 Å². The number of halogens is 1. The first-order valence-corrected chi connectivity index (χ1v) is 13.7. The van der Waals surface area contributed by atoms with Crippen molar-refractivity contribution < 1.29 is 18.0 Å². The molecule has 1 aromatic carbocycles. The summed E-state index contributed by atoms with van der Waals surface area (Å²) in [4.78, 5) is 26.7. The van der Waals surface area contributed by atoms with Gasteiger partial charge in [-0.1, -0.05) is 18.5 Å². The van der Waals surface area contributed by atoms with Crippen molar-refractivity contribution in [3.8, 4) is 0 Å². The van der Waals surface area contributed by atoms with E-state index < -0.39 is 10.0 Å². The molecule has 1 unspecified atom stereocenters. The molecule has 1 aromatic rings. The molecule has 2 N–H and O–H groups in total. The minimum absolute atomic E-state index is 0.0971. The van der Waals surface area contributed by atoms with Crippen molar-refractivity contribution in [2.24, 2.45) is 5.92 Å². The third-order valence-corrected chi connectivity index (χ3v) is 8.46. The Morgan fingerprint density at radius 1 is 1.09 bits per heavy atom. The zero-order valence-electron chi connectivity index (χ0n) is 19.3. The highest BCUT2D eigenvalue weighted by atomic mass is 35.5. The molecule has 1 atom stereocenters. The third-order valence-electron chi connectivity index (χ3n) is 6.24. The summed E-state index contributed by atoms with van der Waals surface area (Å²) in [5.74, 6) is 0.287. The maximum Gasteiger partial charge on any atom is 0.243 e. The number of piperidine rings is 1. The standard InChI is InChI=1S/C23H35ClN4O4S/c1-2-6-22(29)25-16-18-7-5-11-27(17-18)14-10-23(30)26-21-15-19(8-9-20(21)24)33(31,32)28-12-3-4-13-28/h8-9,15,18H,2-7,10-14,16-17H2,1H3,(H,25,29)(H,26,30). The van der Waals surface area contributed by atoms with E-state index in [1.807, 2.05) is 6.92 Å². The number of rotatable bonds is 10. The van der Waals surface area contributed by atoms with Crippen molar-refractivity contribution in [2.45, 2.75) is 56.8 Å². The lowest BCUT2D eigenvalue weighted by Crippen LogP contribution is -2.41. The molecule has 2 aliphatic rings. The van der Waals surface area contributed by atoms with Crippen LogP contribution in [0.25, 0.3) is 0 Å². The summed E-state index contributed by atoms with van der Waals surface area (Å²) < 4.78 is 27.1. The number of nitrogens with one attached hydrogen (secondary N) is 2. The zero-order valence-corrected chi connectivity index (χ0v) is 20.9. The smallest absolute Gasteiger partial charge is 0.243 e. The van der Waals surface area contributed by atoms with Crippen molar-refractivity contribution in [2.75, 3.05) is 44.6 Å². The Labute approximate surface area is 202 Å². The molecule has 0 aromatic heterocycles. The van der Waals surface area contributed by atoms with Gasteiger partial charge in [0.15, 0.2) is 0 Å². The Morgan fingerprint density at radius 2 is 1.85 bits per heavy atom. The average molecular weight is 499 g/mol. The first-order valence-electron chi connectivity index (χ1n) is 11.9. The highest BCUT2D eigenvalue weighted by molar-refractivity contribution is 7.89. The van der Waals surface area contributed by atoms with Crippen LogP contribution in [0.15, 0.2) is 23.1 Å². The molecule has 0 radical (unpaired) electrons. The van der Waals surface area contributed by atoms with Crippen molar-refractivity contribution in [1.82, 2.24) is 14.5 Å². The van der Waals surface area contributed by atoms with Crippen LogP contribution in [0.2, 0.25) is 5.02 Å². The molecule has 10 heteroatoms. The van der Waals surface area contributed by atoms with Crippen LogP contribution in [-0.4, -0.2) is 68.7 Å². The van der Waals surface area contributed by atoms with Gasteiger partial charge in [-0.25, -0.2) is 8.42 Å². The third kappa shape index (κ3) is 7.40. The Kier molecular flexibility index (Phi) is 9.55. The molecule has 0 aliphatic carbocycles. The number of carbonyl (C=O) groups is 2. The van der Waals surface area contributed by atoms with E-state index in [2.05, 4.69) is 15.5 Å². The predicted molar refractivity (Wildman–Crippen MR) is 130 cm³/mol. The van der Waals surface area contributed by atoms with Crippen LogP contribution < -0.4 is 10.6 Å². The Morgan fingerprint density at radius 3 is 2.58 bits per heavy atom. The zero-order chi connectivity index (χ0) is 23.8. The molecule has 0 bridgehead atoms. The van der Waals surface area contributed by atoms with Crippen LogP contribution in [0.4, 0.5) is 5.69 Å². The van der Waals surface area contributed by atoms with Gasteiger partial charge in [0, 0.05) is 45.6 Å². The van der Waals surface area contributed by atoms with E-state index in [0.717, 1.165) is 45.2 Å². The van der Waals surface area contributed by atoms with E-state index >= 15 is 0 Å². The van der Waals surface area contributed by atoms with Gasteiger partial charge in [0.2, 0.25) is 21.8 Å². The summed E-state index contributed by atoms with van der Waals surface area (Å²) in [5.41, 5.74) is 0.317. The van der Waals surface area contributed by atoms with Crippen LogP contribution in [0.3, 0.4) is 0 Å². The number of sulfonamides is 1. The van der Waals surface area contributed by atoms with Crippen LogP contribution >= 0.6 is 11.6 Å². The Balaban J connectivity index is 1.51. The Hall–Kier alpha value is -1.68. The van der Waals surface area contributed by atoms with Gasteiger partial charge in [-0.2, -0.15) is 4.31 Å². The fourth-order valence-electron chi connectivity index (χ4n) is 4.41. The molecule has 184 valence electrons. The average Bonchev–Trinajstić information content (AvgIpc) is 3.34. The largest absolute Gasteiger partial charge is 0.356 e. The summed E-state index contributed by atoms with van der Waals surface area (Å²) in [5, 5.41) is 6.09. The quantitative estimate of drug-likeness (QED) is 0.516. The lowest BCUT2D eigenvalue weighted by atomic mass is 9.97. The van der Waals surface area contributed by atoms with E-state index in [1.54, 1.807) is 0 Å². The van der Waals surface area contributed by atoms with Gasteiger partial charge in [0.1, 0.15) is 0 Å². The van der Waals surface area contributed by atoms with E-state index in [9.17, 15) is 18.0 Å². The van der Waals surface area contributed by atoms with E-state index in [0.29, 0.717) is 49.2 Å². The van der Waals surface area contributed by atoms with Crippen molar-refractivity contribution in [1.29, 1.82) is 0 Å². The molecule has 3 rings (SSSR count). The number of hydrogen-bond acceptors (Lipinski definition) is 5. The minimum Gasteiger partial charge on any atom is -0.356 e. The summed E-state index contributed by atoms with van der Waals surface area (Å²) >= 11 is 6.23. The van der Waals surface area contributed by atoms with Gasteiger partial charge >= 0.3 is 0 Å². The van der Waals surface area contributed by atoms with Gasteiger partial charge in [-0.15, -0.1) is 0 Å². The van der Waals surface area contributed by atoms with Gasteiger partial charge in [-0.05, 0) is 62.8 Å². The maximum atomic E-state index is 12.8. The van der Waals surface area contributed by atoms with Gasteiger partial charge in [0.25, 0.3) is 0 Å². The highest BCUT2D eigenvalue weighted by Crippen LogP contribution is 2.28. The number of benzene rings is 1. The molecule has 2 amide bonds. The van der Waals surface area contributed by atoms with Crippen LogP contribution in [0.5, 0.6) is 0 Å². The molecule has 33 heavy (non-hydrogen) atoms. The summed E-state index contributed by atoms with van der Waals surface area (Å²) in [7, 11) is -3.58. The van der Waals surface area contributed by atoms with E-state index in [1.165, 1.54) is 22.5 Å². The fourth-order valence-corrected chi connectivity index (χ4v) is 6.11. The van der Waals surface area contributed by atoms with E-state index in [-0.39, 0.29) is 23.1 Å². The lowest BCUT2D eigenvalue weighted by Gasteiger charge is -2.32. The molecular formula is C23H35ClN4O4S. The predicted octanol–water partition coefficient (Wildman–Crippen LogP) is 3.08. The minimum atomic E-state index is -3.58. The first-order chi connectivity index (χ1) is 15.8. The number of nitrogens with zero attached hydrogens (tertiary/aromatic N) is 2. The second-order valence-electron chi connectivity index (χ2n) is 8.91. The maximum absolute atomic E-state index is 12.8. The van der Waals surface area contributed by atoms with E-state index in [4.69, 9.17) is 11.6 Å². The molecular weight excluding hydrogens is 464 g/mol. The second kappa shape index (κ2) is 12.1.